The van der Waals surface area contributed by atoms with E-state index in [2.05, 4.69) is 4.98 Å². The molecule has 0 atom stereocenters. The second kappa shape index (κ2) is 2.69. The van der Waals surface area contributed by atoms with Gasteiger partial charge in [-0.25, -0.2) is 9.59 Å². The molecule has 5 nitrogen and oxygen atoms in total. The molecule has 0 saturated heterocycles. The van der Waals surface area contributed by atoms with E-state index in [1.807, 2.05) is 0 Å². The van der Waals surface area contributed by atoms with Gasteiger partial charge in [0.25, 0.3) is 0 Å². The van der Waals surface area contributed by atoms with Crippen molar-refractivity contribution in [3.05, 3.63) is 23.0 Å². The molecule has 0 saturated carbocycles. The Morgan fingerprint density at radius 3 is 2.25 bits per heavy atom. The fourth-order valence-corrected chi connectivity index (χ4v) is 0.927. The fraction of sp³-hybridized carbons (Fsp3) is 0.143. The number of aromatic nitrogens is 1. The molecular weight excluding hydrogens is 162 g/mol. The van der Waals surface area contributed by atoms with Gasteiger partial charge in [0.1, 0.15) is 5.69 Å². The van der Waals surface area contributed by atoms with Crippen LogP contribution in [0.2, 0.25) is 0 Å². The van der Waals surface area contributed by atoms with Crippen LogP contribution in [0.15, 0.2) is 6.07 Å². The number of H-pyrrole nitrogens is 1. The van der Waals surface area contributed by atoms with Crippen LogP contribution in [0.3, 0.4) is 0 Å². The molecular formula is C7H7NO4. The number of aromatic amines is 1. The van der Waals surface area contributed by atoms with Crippen molar-refractivity contribution in [1.82, 2.24) is 4.98 Å². The summed E-state index contributed by atoms with van der Waals surface area (Å²) in [6.07, 6.45) is 0. The SMILES string of the molecule is Cc1cc(C(=O)O)c(C(=O)O)[nH]1. The smallest absolute Gasteiger partial charge is 0.353 e. The highest BCUT2D eigenvalue weighted by Gasteiger charge is 2.17. The summed E-state index contributed by atoms with van der Waals surface area (Å²) in [4.78, 5) is 23.3. The van der Waals surface area contributed by atoms with Gasteiger partial charge in [-0.3, -0.25) is 0 Å². The minimum Gasteiger partial charge on any atom is -0.478 e. The van der Waals surface area contributed by atoms with E-state index >= 15 is 0 Å². The van der Waals surface area contributed by atoms with Gasteiger partial charge in [-0.05, 0) is 13.0 Å². The predicted octanol–water partition coefficient (Wildman–Crippen LogP) is 0.720. The molecule has 0 aliphatic heterocycles. The lowest BCUT2D eigenvalue weighted by Gasteiger charge is -1.90. The van der Waals surface area contributed by atoms with Crippen molar-refractivity contribution in [2.24, 2.45) is 0 Å². The van der Waals surface area contributed by atoms with Crippen LogP contribution in [0.4, 0.5) is 0 Å². The van der Waals surface area contributed by atoms with Crippen LogP contribution in [0.5, 0.6) is 0 Å². The van der Waals surface area contributed by atoms with Crippen molar-refractivity contribution in [2.75, 3.05) is 0 Å². The van der Waals surface area contributed by atoms with Crippen LogP contribution in [0.1, 0.15) is 26.5 Å². The summed E-state index contributed by atoms with van der Waals surface area (Å²) in [6.45, 7) is 1.60. The third-order valence-electron chi connectivity index (χ3n) is 1.40. The van der Waals surface area contributed by atoms with Gasteiger partial charge < -0.3 is 15.2 Å². The topological polar surface area (TPSA) is 90.4 Å². The zero-order chi connectivity index (χ0) is 9.30. The average Bonchev–Trinajstić information content (AvgIpc) is 2.31. The first-order chi connectivity index (χ1) is 5.52. The first kappa shape index (κ1) is 8.32. The van der Waals surface area contributed by atoms with Crippen LogP contribution in [0.25, 0.3) is 0 Å². The van der Waals surface area contributed by atoms with E-state index in [0.29, 0.717) is 5.69 Å². The number of carbonyl (C=O) groups is 2. The lowest BCUT2D eigenvalue weighted by atomic mass is 10.2. The van der Waals surface area contributed by atoms with Crippen LogP contribution in [-0.4, -0.2) is 27.1 Å². The summed E-state index contributed by atoms with van der Waals surface area (Å²) < 4.78 is 0. The van der Waals surface area contributed by atoms with E-state index in [9.17, 15) is 9.59 Å². The summed E-state index contributed by atoms with van der Waals surface area (Å²) in [6, 6.07) is 1.28. The Morgan fingerprint density at radius 1 is 1.33 bits per heavy atom. The van der Waals surface area contributed by atoms with E-state index in [0.717, 1.165) is 0 Å². The Bertz CT molecular complexity index is 308. The Balaban J connectivity index is 3.26. The first-order valence-electron chi connectivity index (χ1n) is 3.18. The van der Waals surface area contributed by atoms with Crippen molar-refractivity contribution in [3.63, 3.8) is 0 Å². The van der Waals surface area contributed by atoms with E-state index in [4.69, 9.17) is 10.2 Å². The molecule has 5 heteroatoms. The van der Waals surface area contributed by atoms with E-state index in [1.165, 1.54) is 6.07 Å². The fourth-order valence-electron chi connectivity index (χ4n) is 0.927. The van der Waals surface area contributed by atoms with Crippen LogP contribution < -0.4 is 0 Å². The number of aryl methyl sites for hydroxylation is 1. The summed E-state index contributed by atoms with van der Waals surface area (Å²) >= 11 is 0. The van der Waals surface area contributed by atoms with E-state index in [-0.39, 0.29) is 11.3 Å². The average molecular weight is 169 g/mol. The maximum absolute atomic E-state index is 10.5. The van der Waals surface area contributed by atoms with E-state index in [1.54, 1.807) is 6.92 Å². The molecule has 1 aromatic heterocycles. The van der Waals surface area contributed by atoms with Crippen LogP contribution in [0, 0.1) is 6.92 Å². The molecule has 0 spiro atoms. The second-order valence-corrected chi connectivity index (χ2v) is 2.35. The Labute approximate surface area is 67.6 Å². The van der Waals surface area contributed by atoms with Crippen LogP contribution in [-0.2, 0) is 0 Å². The minimum absolute atomic E-state index is 0.208. The molecule has 64 valence electrons. The quantitative estimate of drug-likeness (QED) is 0.608. The molecule has 1 heterocycles. The Morgan fingerprint density at radius 2 is 1.92 bits per heavy atom. The van der Waals surface area contributed by atoms with Crippen molar-refractivity contribution >= 4 is 11.9 Å². The van der Waals surface area contributed by atoms with Gasteiger partial charge in [0.15, 0.2) is 0 Å². The molecule has 0 aromatic carbocycles. The number of hydrogen-bond donors (Lipinski definition) is 3. The molecule has 12 heavy (non-hydrogen) atoms. The van der Waals surface area contributed by atoms with Crippen molar-refractivity contribution < 1.29 is 19.8 Å². The highest BCUT2D eigenvalue weighted by atomic mass is 16.4. The van der Waals surface area contributed by atoms with Gasteiger partial charge in [-0.2, -0.15) is 0 Å². The molecule has 0 aliphatic carbocycles. The standard InChI is InChI=1S/C7H7NO4/c1-3-2-4(6(9)10)5(8-3)7(11)12/h2,8H,1H3,(H,9,10)(H,11,12). The molecule has 0 unspecified atom stereocenters. The minimum atomic E-state index is -1.26. The van der Waals surface area contributed by atoms with Gasteiger partial charge in [0, 0.05) is 5.69 Å². The molecule has 0 radical (unpaired) electrons. The number of rotatable bonds is 2. The van der Waals surface area contributed by atoms with Gasteiger partial charge in [-0.15, -0.1) is 0 Å². The van der Waals surface area contributed by atoms with Gasteiger partial charge in [0.2, 0.25) is 0 Å². The molecule has 0 fully saturated rings. The molecule has 0 amide bonds. The van der Waals surface area contributed by atoms with Crippen molar-refractivity contribution in [1.29, 1.82) is 0 Å². The molecule has 1 aromatic rings. The Kier molecular flexibility index (Phi) is 1.86. The number of aromatic carboxylic acids is 2. The zero-order valence-electron chi connectivity index (χ0n) is 6.29. The highest BCUT2D eigenvalue weighted by molar-refractivity contribution is 6.00. The van der Waals surface area contributed by atoms with E-state index < -0.39 is 11.9 Å². The third-order valence-corrected chi connectivity index (χ3v) is 1.40. The van der Waals surface area contributed by atoms with Gasteiger partial charge in [0.05, 0.1) is 5.56 Å². The Hall–Kier alpha value is -1.78. The number of carboxylic acid groups (broad SMARTS) is 2. The molecule has 0 bridgehead atoms. The number of hydrogen-bond acceptors (Lipinski definition) is 2. The number of carboxylic acids is 2. The van der Waals surface area contributed by atoms with Crippen molar-refractivity contribution in [3.8, 4) is 0 Å². The molecule has 0 aliphatic rings. The van der Waals surface area contributed by atoms with Gasteiger partial charge >= 0.3 is 11.9 Å². The lowest BCUT2D eigenvalue weighted by molar-refractivity contribution is 0.0648. The zero-order valence-corrected chi connectivity index (χ0v) is 6.29. The summed E-state index contributed by atoms with van der Waals surface area (Å²) in [5.74, 6) is -2.50. The monoisotopic (exact) mass is 169 g/mol. The van der Waals surface area contributed by atoms with Crippen molar-refractivity contribution in [2.45, 2.75) is 6.92 Å². The third kappa shape index (κ3) is 1.29. The maximum Gasteiger partial charge on any atom is 0.353 e. The largest absolute Gasteiger partial charge is 0.478 e. The summed E-state index contributed by atoms with van der Waals surface area (Å²) in [7, 11) is 0. The summed E-state index contributed by atoms with van der Waals surface area (Å²) in [5.41, 5.74) is 0.0322. The maximum atomic E-state index is 10.5. The molecule has 1 rings (SSSR count). The first-order valence-corrected chi connectivity index (χ1v) is 3.18. The highest BCUT2D eigenvalue weighted by Crippen LogP contribution is 2.09. The second-order valence-electron chi connectivity index (χ2n) is 2.35. The lowest BCUT2D eigenvalue weighted by Crippen LogP contribution is -2.05. The predicted molar refractivity (Wildman–Crippen MR) is 39.4 cm³/mol. The normalized spacial score (nSPS) is 9.75. The van der Waals surface area contributed by atoms with Gasteiger partial charge in [-0.1, -0.05) is 0 Å². The summed E-state index contributed by atoms with van der Waals surface area (Å²) in [5, 5.41) is 17.1. The molecule has 3 N–H and O–H groups in total. The van der Waals surface area contributed by atoms with Crippen LogP contribution >= 0.6 is 0 Å². The number of nitrogens with one attached hydrogen (secondary N) is 1.